The fourth-order valence-electron chi connectivity index (χ4n) is 4.55. The highest BCUT2D eigenvalue weighted by atomic mass is 32.2. The lowest BCUT2D eigenvalue weighted by Crippen LogP contribution is -2.36. The van der Waals surface area contributed by atoms with E-state index in [1.165, 1.54) is 19.2 Å². The first-order chi connectivity index (χ1) is 20.8. The quantitative estimate of drug-likeness (QED) is 0.0607. The molecule has 0 saturated carbocycles. The lowest BCUT2D eigenvalue weighted by molar-refractivity contribution is -0.284. The first-order valence-electron chi connectivity index (χ1n) is 15.3. The molecule has 0 bridgehead atoms. The summed E-state index contributed by atoms with van der Waals surface area (Å²) in [7, 11) is -3.86. The number of rotatable bonds is 25. The average Bonchev–Trinajstić information content (AvgIpc) is 3.36. The summed E-state index contributed by atoms with van der Waals surface area (Å²) in [4.78, 5) is 22.3. The van der Waals surface area contributed by atoms with Crippen LogP contribution in [-0.4, -0.2) is 67.1 Å². The van der Waals surface area contributed by atoms with Crippen LogP contribution < -0.4 is 5.73 Å². The van der Waals surface area contributed by atoms with Gasteiger partial charge in [0.05, 0.1) is 25.6 Å². The number of hydrogen-bond acceptors (Lipinski definition) is 8. The van der Waals surface area contributed by atoms with Gasteiger partial charge in [-0.25, -0.2) is 15.0 Å². The van der Waals surface area contributed by atoms with Gasteiger partial charge in [0, 0.05) is 6.42 Å². The number of halogens is 5. The van der Waals surface area contributed by atoms with Gasteiger partial charge in [-0.2, -0.15) is 33.7 Å². The van der Waals surface area contributed by atoms with Crippen LogP contribution in [0.1, 0.15) is 96.8 Å². The van der Waals surface area contributed by atoms with E-state index in [2.05, 4.69) is 15.0 Å². The van der Waals surface area contributed by atoms with Gasteiger partial charge < -0.3 is 24.5 Å². The molecule has 16 heteroatoms. The molecule has 9 nitrogen and oxygen atoms in total. The third-order valence-corrected chi connectivity index (χ3v) is 9.29. The molecule has 2 aromatic heterocycles. The van der Waals surface area contributed by atoms with Crippen LogP contribution in [0.3, 0.4) is 0 Å². The Hall–Kier alpha value is -1.54. The van der Waals surface area contributed by atoms with Crippen molar-refractivity contribution < 1.29 is 40.7 Å². The second-order valence-electron chi connectivity index (χ2n) is 11.1. The van der Waals surface area contributed by atoms with Crippen molar-refractivity contribution in [3.8, 4) is 0 Å². The molecule has 1 unspecified atom stereocenters. The molecule has 0 aliphatic carbocycles. The molecule has 254 valence electrons. The zero-order valence-electron chi connectivity index (χ0n) is 25.5. The molecule has 0 aliphatic heterocycles. The minimum atomic E-state index is -5.44. The van der Waals surface area contributed by atoms with Gasteiger partial charge >= 0.3 is 19.7 Å². The molecule has 0 aromatic carbocycles. The Labute approximate surface area is 260 Å². The Morgan fingerprint density at radius 3 is 2.09 bits per heavy atom. The van der Waals surface area contributed by atoms with Gasteiger partial charge in [-0.1, -0.05) is 64.2 Å². The number of unbranched alkanes of at least 4 members (excludes halogenated alkanes) is 11. The van der Waals surface area contributed by atoms with Crippen LogP contribution in [0.25, 0.3) is 11.2 Å². The molecule has 0 fully saturated rings. The summed E-state index contributed by atoms with van der Waals surface area (Å²) in [6.45, 7) is 2.35. The number of anilines is 1. The number of hydrogen-bond donors (Lipinski definition) is 2. The van der Waals surface area contributed by atoms with Gasteiger partial charge in [0.15, 0.2) is 11.5 Å². The maximum atomic E-state index is 12.8. The van der Waals surface area contributed by atoms with Crippen molar-refractivity contribution in [1.82, 2.24) is 19.5 Å². The number of nitrogen functional groups attached to an aromatic ring is 1. The zero-order valence-corrected chi connectivity index (χ0v) is 27.2. The van der Waals surface area contributed by atoms with Gasteiger partial charge in [0.2, 0.25) is 0 Å². The predicted molar refractivity (Wildman–Crippen MR) is 164 cm³/mol. The Balaban J connectivity index is 1.35. The van der Waals surface area contributed by atoms with Gasteiger partial charge in [-0.05, 0) is 37.7 Å². The second kappa shape index (κ2) is 19.9. The number of alkyl halides is 5. The third kappa shape index (κ3) is 15.2. The molecule has 44 heavy (non-hydrogen) atoms. The highest BCUT2D eigenvalue weighted by Gasteiger charge is 2.56. The summed E-state index contributed by atoms with van der Waals surface area (Å²) in [5.74, 6) is -2.40. The summed E-state index contributed by atoms with van der Waals surface area (Å²) in [6.07, 6.45) is 7.08. The smallest absolute Gasteiger partial charge is 0.382 e. The Bertz CT molecular complexity index is 1130. The van der Waals surface area contributed by atoms with Crippen LogP contribution in [0.2, 0.25) is 0 Å². The topological polar surface area (TPSA) is 125 Å². The number of nitrogens with two attached hydrogens (primary N) is 1. The molecule has 0 aliphatic rings. The van der Waals surface area contributed by atoms with E-state index in [1.54, 1.807) is 29.6 Å². The second-order valence-corrected chi connectivity index (χ2v) is 14.1. The van der Waals surface area contributed by atoms with E-state index in [4.69, 9.17) is 15.0 Å². The van der Waals surface area contributed by atoms with E-state index >= 15 is 0 Å². The molecule has 0 spiro atoms. The SMILES string of the molecule is C[C@H](Cn1cnc2c(N)ncnc21)OCP(=O)(O)OCCCSCCCCCCCCCCCCCCC(F)(F)C(F)(F)F. The molecule has 0 radical (unpaired) electrons. The number of thioether (sulfide) groups is 1. The number of imidazole rings is 1. The van der Waals surface area contributed by atoms with Crippen LogP contribution >= 0.6 is 19.4 Å². The van der Waals surface area contributed by atoms with Gasteiger partial charge in [-0.3, -0.25) is 4.57 Å². The van der Waals surface area contributed by atoms with Crippen LogP contribution in [0, 0.1) is 0 Å². The summed E-state index contributed by atoms with van der Waals surface area (Å²) in [5.41, 5.74) is 6.86. The Morgan fingerprint density at radius 2 is 1.48 bits per heavy atom. The van der Waals surface area contributed by atoms with Crippen LogP contribution in [-0.2, 0) is 20.4 Å². The maximum absolute atomic E-state index is 12.8. The van der Waals surface area contributed by atoms with E-state index in [9.17, 15) is 31.4 Å². The van der Waals surface area contributed by atoms with Crippen LogP contribution in [0.5, 0.6) is 0 Å². The van der Waals surface area contributed by atoms with Crippen molar-refractivity contribution in [2.24, 2.45) is 0 Å². The van der Waals surface area contributed by atoms with Crippen molar-refractivity contribution >= 4 is 36.3 Å². The fraction of sp³-hybridized carbons (Fsp3) is 0.821. The first kappa shape index (κ1) is 38.6. The molecule has 2 aromatic rings. The summed E-state index contributed by atoms with van der Waals surface area (Å²) in [5, 5.41) is 0. The van der Waals surface area contributed by atoms with E-state index in [0.29, 0.717) is 37.0 Å². The number of aromatic nitrogens is 4. The third-order valence-electron chi connectivity index (χ3n) is 7.08. The molecule has 0 amide bonds. The minimum Gasteiger partial charge on any atom is -0.382 e. The molecule has 2 atom stereocenters. The summed E-state index contributed by atoms with van der Waals surface area (Å²) in [6, 6.07) is 0. The van der Waals surface area contributed by atoms with E-state index in [-0.39, 0.29) is 24.9 Å². The van der Waals surface area contributed by atoms with Crippen molar-refractivity contribution in [3.63, 3.8) is 0 Å². The van der Waals surface area contributed by atoms with Crippen molar-refractivity contribution in [2.45, 2.75) is 122 Å². The molecular formula is C28H47F5N5O4PS. The van der Waals surface area contributed by atoms with Crippen LogP contribution in [0.15, 0.2) is 12.7 Å². The fourth-order valence-corrected chi connectivity index (χ4v) is 6.42. The molecule has 2 heterocycles. The highest BCUT2D eigenvalue weighted by molar-refractivity contribution is 7.99. The molecular weight excluding hydrogens is 628 g/mol. The number of fused-ring (bicyclic) bond motifs is 1. The molecule has 3 N–H and O–H groups in total. The largest absolute Gasteiger partial charge is 0.453 e. The van der Waals surface area contributed by atoms with Gasteiger partial charge in [-0.15, -0.1) is 0 Å². The summed E-state index contributed by atoms with van der Waals surface area (Å²) >= 11 is 1.80. The molecule has 0 saturated heterocycles. The first-order valence-corrected chi connectivity index (χ1v) is 18.3. The van der Waals surface area contributed by atoms with E-state index in [0.717, 1.165) is 56.5 Å². The van der Waals surface area contributed by atoms with Gasteiger partial charge in [0.25, 0.3) is 0 Å². The Morgan fingerprint density at radius 1 is 0.909 bits per heavy atom. The predicted octanol–water partition coefficient (Wildman–Crippen LogP) is 8.37. The molecule has 2 rings (SSSR count). The Kier molecular flexibility index (Phi) is 17.4. The number of ether oxygens (including phenoxy) is 1. The standard InChI is InChI=1S/C28H47F5N5O4PS/c1-23(19-38-21-37-24-25(34)35-20-36-26(24)38)41-22-43(39,40)42-16-14-18-44-17-13-11-9-7-5-3-2-4-6-8-10-12-15-27(29,30)28(31,32)33/h20-21,23H,2-19,22H2,1H3,(H,39,40)(H2,34,35,36)/t23-/m1/s1. The number of nitrogens with zero attached hydrogens (tertiary/aromatic N) is 4. The van der Waals surface area contributed by atoms with E-state index < -0.39 is 32.5 Å². The lowest BCUT2D eigenvalue weighted by Gasteiger charge is -2.19. The minimum absolute atomic E-state index is 0.0978. The van der Waals surface area contributed by atoms with E-state index in [1.807, 2.05) is 0 Å². The van der Waals surface area contributed by atoms with Crippen LogP contribution in [0.4, 0.5) is 27.8 Å². The van der Waals surface area contributed by atoms with Crippen molar-refractivity contribution in [1.29, 1.82) is 0 Å². The average molecular weight is 676 g/mol. The monoisotopic (exact) mass is 675 g/mol. The maximum Gasteiger partial charge on any atom is 0.453 e. The normalized spacial score (nSPS) is 14.7. The van der Waals surface area contributed by atoms with Crippen molar-refractivity contribution in [2.75, 3.05) is 30.2 Å². The van der Waals surface area contributed by atoms with Crippen molar-refractivity contribution in [3.05, 3.63) is 12.7 Å². The van der Waals surface area contributed by atoms with Gasteiger partial charge in [0.1, 0.15) is 18.2 Å². The zero-order chi connectivity index (χ0) is 32.5. The summed E-state index contributed by atoms with van der Waals surface area (Å²) < 4.78 is 86.8. The highest BCUT2D eigenvalue weighted by Crippen LogP contribution is 2.42. The lowest BCUT2D eigenvalue weighted by atomic mass is 10.0.